The Kier molecular flexibility index (Phi) is 4.04. The second-order valence-corrected chi connectivity index (χ2v) is 7.33. The van der Waals surface area contributed by atoms with E-state index in [0.717, 1.165) is 29.8 Å². The highest BCUT2D eigenvalue weighted by molar-refractivity contribution is 7.92. The van der Waals surface area contributed by atoms with Gasteiger partial charge in [-0.1, -0.05) is 13.8 Å². The smallest absolute Gasteiger partial charge is 0.232 e. The van der Waals surface area contributed by atoms with Gasteiger partial charge in [0.05, 0.1) is 11.9 Å². The second-order valence-electron chi connectivity index (χ2n) is 5.43. The standard InChI is InChI=1S/C14H20N2O3S/c1-10(2)14(17)15-12-6-7-13-11(9-12)5-4-8-16(13)20(3,18)19/h6-7,9-10H,4-5,8H2,1-3H3,(H,15,17). The summed E-state index contributed by atoms with van der Waals surface area (Å²) < 4.78 is 24.9. The lowest BCUT2D eigenvalue weighted by molar-refractivity contribution is -0.118. The molecule has 5 nitrogen and oxygen atoms in total. The van der Waals surface area contributed by atoms with Crippen LogP contribution in [0, 0.1) is 5.92 Å². The number of carbonyl (C=O) groups is 1. The van der Waals surface area contributed by atoms with Crippen molar-refractivity contribution in [1.82, 2.24) is 0 Å². The van der Waals surface area contributed by atoms with Crippen molar-refractivity contribution in [2.45, 2.75) is 26.7 Å². The predicted octanol–water partition coefficient (Wildman–Crippen LogP) is 1.99. The van der Waals surface area contributed by atoms with Gasteiger partial charge in [-0.05, 0) is 36.6 Å². The maximum atomic E-state index is 11.8. The molecule has 0 bridgehead atoms. The molecule has 0 fully saturated rings. The SMILES string of the molecule is CC(C)C(=O)Nc1ccc2c(c1)CCCN2S(C)(=O)=O. The minimum atomic E-state index is -3.24. The molecule has 0 atom stereocenters. The van der Waals surface area contributed by atoms with Gasteiger partial charge in [0.2, 0.25) is 15.9 Å². The topological polar surface area (TPSA) is 66.5 Å². The van der Waals surface area contributed by atoms with Crippen LogP contribution in [0.2, 0.25) is 0 Å². The molecule has 0 aromatic heterocycles. The van der Waals surface area contributed by atoms with E-state index in [9.17, 15) is 13.2 Å². The van der Waals surface area contributed by atoms with Crippen molar-refractivity contribution in [1.29, 1.82) is 0 Å². The van der Waals surface area contributed by atoms with Crippen LogP contribution in [0.15, 0.2) is 18.2 Å². The fourth-order valence-corrected chi connectivity index (χ4v) is 3.27. The molecule has 110 valence electrons. The van der Waals surface area contributed by atoms with Gasteiger partial charge in [0.15, 0.2) is 0 Å². The van der Waals surface area contributed by atoms with Crippen molar-refractivity contribution in [3.05, 3.63) is 23.8 Å². The van der Waals surface area contributed by atoms with Gasteiger partial charge >= 0.3 is 0 Å². The van der Waals surface area contributed by atoms with Crippen LogP contribution >= 0.6 is 0 Å². The largest absolute Gasteiger partial charge is 0.326 e. The third-order valence-corrected chi connectivity index (χ3v) is 4.53. The number of rotatable bonds is 3. The van der Waals surface area contributed by atoms with Crippen molar-refractivity contribution in [2.24, 2.45) is 5.92 Å². The lowest BCUT2D eigenvalue weighted by Gasteiger charge is -2.29. The van der Waals surface area contributed by atoms with Gasteiger partial charge in [-0.25, -0.2) is 8.42 Å². The Hall–Kier alpha value is -1.56. The lowest BCUT2D eigenvalue weighted by atomic mass is 10.0. The molecule has 0 saturated carbocycles. The summed E-state index contributed by atoms with van der Waals surface area (Å²) in [6.45, 7) is 4.18. The first-order valence-electron chi connectivity index (χ1n) is 6.70. The molecule has 1 aliphatic heterocycles. The molecule has 1 aromatic rings. The Bertz CT molecular complexity index is 623. The average molecular weight is 296 g/mol. The molecular formula is C14H20N2O3S. The molecule has 0 radical (unpaired) electrons. The zero-order valence-electron chi connectivity index (χ0n) is 12.0. The average Bonchev–Trinajstić information content (AvgIpc) is 2.36. The fourth-order valence-electron chi connectivity index (χ4n) is 2.27. The zero-order valence-corrected chi connectivity index (χ0v) is 12.8. The van der Waals surface area contributed by atoms with E-state index in [1.54, 1.807) is 12.1 Å². The van der Waals surface area contributed by atoms with Gasteiger partial charge < -0.3 is 5.32 Å². The summed E-state index contributed by atoms with van der Waals surface area (Å²) in [6.07, 6.45) is 2.84. The molecular weight excluding hydrogens is 276 g/mol. The number of aryl methyl sites for hydroxylation is 1. The Balaban J connectivity index is 2.30. The quantitative estimate of drug-likeness (QED) is 0.927. The summed E-state index contributed by atoms with van der Waals surface area (Å²) in [7, 11) is -3.24. The number of hydrogen-bond acceptors (Lipinski definition) is 3. The Morgan fingerprint density at radius 3 is 2.65 bits per heavy atom. The van der Waals surface area contributed by atoms with Crippen LogP contribution in [0.5, 0.6) is 0 Å². The summed E-state index contributed by atoms with van der Waals surface area (Å²) in [6, 6.07) is 5.39. The van der Waals surface area contributed by atoms with Crippen LogP contribution in [0.25, 0.3) is 0 Å². The fraction of sp³-hybridized carbons (Fsp3) is 0.500. The van der Waals surface area contributed by atoms with E-state index in [2.05, 4.69) is 5.32 Å². The van der Waals surface area contributed by atoms with Crippen molar-refractivity contribution in [3.8, 4) is 0 Å². The van der Waals surface area contributed by atoms with Gasteiger partial charge in [-0.3, -0.25) is 9.10 Å². The molecule has 1 amide bonds. The normalized spacial score (nSPS) is 15.1. The molecule has 1 aromatic carbocycles. The van der Waals surface area contributed by atoms with Crippen molar-refractivity contribution >= 4 is 27.3 Å². The second kappa shape index (κ2) is 5.44. The number of nitrogens with zero attached hydrogens (tertiary/aromatic N) is 1. The minimum absolute atomic E-state index is 0.0410. The predicted molar refractivity (Wildman–Crippen MR) is 80.4 cm³/mol. The van der Waals surface area contributed by atoms with Crippen LogP contribution in [0.4, 0.5) is 11.4 Å². The number of hydrogen-bond donors (Lipinski definition) is 1. The highest BCUT2D eigenvalue weighted by Gasteiger charge is 2.24. The van der Waals surface area contributed by atoms with E-state index in [1.165, 1.54) is 10.6 Å². The molecule has 1 N–H and O–H groups in total. The van der Waals surface area contributed by atoms with Crippen LogP contribution in [0.3, 0.4) is 0 Å². The van der Waals surface area contributed by atoms with Crippen LogP contribution in [-0.2, 0) is 21.2 Å². The first-order valence-corrected chi connectivity index (χ1v) is 8.55. The molecule has 0 aliphatic carbocycles. The van der Waals surface area contributed by atoms with Crippen molar-refractivity contribution in [2.75, 3.05) is 22.4 Å². The van der Waals surface area contributed by atoms with E-state index < -0.39 is 10.0 Å². The third-order valence-electron chi connectivity index (χ3n) is 3.35. The number of carbonyl (C=O) groups excluding carboxylic acids is 1. The van der Waals surface area contributed by atoms with Gasteiger partial charge in [0.1, 0.15) is 0 Å². The zero-order chi connectivity index (χ0) is 14.9. The number of sulfonamides is 1. The summed E-state index contributed by atoms with van der Waals surface area (Å²) in [5.74, 6) is -0.126. The number of benzene rings is 1. The Morgan fingerprint density at radius 2 is 2.05 bits per heavy atom. The maximum Gasteiger partial charge on any atom is 0.232 e. The first-order chi connectivity index (χ1) is 9.29. The monoisotopic (exact) mass is 296 g/mol. The number of nitrogens with one attached hydrogen (secondary N) is 1. The van der Waals surface area contributed by atoms with E-state index in [0.29, 0.717) is 6.54 Å². The maximum absolute atomic E-state index is 11.8. The number of fused-ring (bicyclic) bond motifs is 1. The van der Waals surface area contributed by atoms with Gasteiger partial charge in [-0.2, -0.15) is 0 Å². The summed E-state index contributed by atoms with van der Waals surface area (Å²) >= 11 is 0. The van der Waals surface area contributed by atoms with E-state index >= 15 is 0 Å². The molecule has 0 unspecified atom stereocenters. The highest BCUT2D eigenvalue weighted by Crippen LogP contribution is 2.31. The number of anilines is 2. The summed E-state index contributed by atoms with van der Waals surface area (Å²) in [5, 5.41) is 2.84. The van der Waals surface area contributed by atoms with Crippen molar-refractivity contribution in [3.63, 3.8) is 0 Å². The molecule has 2 rings (SSSR count). The van der Waals surface area contributed by atoms with Gasteiger partial charge in [-0.15, -0.1) is 0 Å². The molecule has 0 spiro atoms. The highest BCUT2D eigenvalue weighted by atomic mass is 32.2. The van der Waals surface area contributed by atoms with E-state index in [1.807, 2.05) is 19.9 Å². The van der Waals surface area contributed by atoms with Gasteiger partial charge in [0.25, 0.3) is 0 Å². The third kappa shape index (κ3) is 3.12. The molecule has 1 heterocycles. The summed E-state index contributed by atoms with van der Waals surface area (Å²) in [4.78, 5) is 11.7. The first kappa shape index (κ1) is 14.8. The Labute approximate surface area is 120 Å². The molecule has 1 aliphatic rings. The molecule has 0 saturated heterocycles. The minimum Gasteiger partial charge on any atom is -0.326 e. The number of amides is 1. The molecule has 20 heavy (non-hydrogen) atoms. The lowest BCUT2D eigenvalue weighted by Crippen LogP contribution is -2.34. The summed E-state index contributed by atoms with van der Waals surface area (Å²) in [5.41, 5.74) is 2.40. The van der Waals surface area contributed by atoms with E-state index in [4.69, 9.17) is 0 Å². The Morgan fingerprint density at radius 1 is 1.35 bits per heavy atom. The van der Waals surface area contributed by atoms with Crippen molar-refractivity contribution < 1.29 is 13.2 Å². The van der Waals surface area contributed by atoms with Crippen LogP contribution in [0.1, 0.15) is 25.8 Å². The van der Waals surface area contributed by atoms with Crippen LogP contribution in [-0.4, -0.2) is 27.1 Å². The van der Waals surface area contributed by atoms with Crippen LogP contribution < -0.4 is 9.62 Å². The van der Waals surface area contributed by atoms with Gasteiger partial charge in [0, 0.05) is 18.2 Å². The van der Waals surface area contributed by atoms with E-state index in [-0.39, 0.29) is 11.8 Å². The molecule has 6 heteroatoms.